The summed E-state index contributed by atoms with van der Waals surface area (Å²) >= 11 is 0. The van der Waals surface area contributed by atoms with Gasteiger partial charge in [-0.2, -0.15) is 0 Å². The lowest BCUT2D eigenvalue weighted by Crippen LogP contribution is -1.88. The summed E-state index contributed by atoms with van der Waals surface area (Å²) in [7, 11) is 2.74. The number of aromatic nitrogens is 1. The minimum atomic E-state index is 1.00. The molecular formula is C37H26NP. The van der Waals surface area contributed by atoms with Crippen molar-refractivity contribution in [2.24, 2.45) is 0 Å². The summed E-state index contributed by atoms with van der Waals surface area (Å²) < 4.78 is 0. The SMILES string of the molecule is Pc1ccc(-c2ccc(-c3ccc4cc(-c5ccc(-c6cccc7ccccc67)cc5)cnc4c3)cc2)cc1. The van der Waals surface area contributed by atoms with Gasteiger partial charge < -0.3 is 0 Å². The van der Waals surface area contributed by atoms with Crippen molar-refractivity contribution in [1.82, 2.24) is 4.98 Å². The molecule has 6 aromatic carbocycles. The Bertz CT molecular complexity index is 1930. The summed E-state index contributed by atoms with van der Waals surface area (Å²) in [4.78, 5) is 4.84. The molecule has 7 rings (SSSR count). The fraction of sp³-hybridized carbons (Fsp3) is 0. The van der Waals surface area contributed by atoms with Crippen LogP contribution in [0.15, 0.2) is 146 Å². The van der Waals surface area contributed by atoms with Crippen molar-refractivity contribution in [3.63, 3.8) is 0 Å². The quantitative estimate of drug-likeness (QED) is 0.213. The molecule has 1 nitrogen and oxygen atoms in total. The van der Waals surface area contributed by atoms with Crippen molar-refractivity contribution in [3.05, 3.63) is 146 Å². The number of rotatable bonds is 4. The topological polar surface area (TPSA) is 12.9 Å². The zero-order chi connectivity index (χ0) is 26.2. The van der Waals surface area contributed by atoms with E-state index < -0.39 is 0 Å². The zero-order valence-corrected chi connectivity index (χ0v) is 22.5. The minimum absolute atomic E-state index is 1.00. The van der Waals surface area contributed by atoms with Gasteiger partial charge in [0.15, 0.2) is 0 Å². The van der Waals surface area contributed by atoms with Crippen LogP contribution >= 0.6 is 9.24 Å². The summed E-state index contributed by atoms with van der Waals surface area (Å²) in [6.07, 6.45) is 1.98. The molecule has 0 saturated carbocycles. The fourth-order valence-corrected chi connectivity index (χ4v) is 5.50. The van der Waals surface area contributed by atoms with Crippen LogP contribution in [0.1, 0.15) is 0 Å². The number of benzene rings is 6. The molecule has 0 fully saturated rings. The lowest BCUT2D eigenvalue weighted by Gasteiger charge is -2.09. The van der Waals surface area contributed by atoms with Crippen molar-refractivity contribution in [2.75, 3.05) is 0 Å². The highest BCUT2D eigenvalue weighted by Crippen LogP contribution is 2.32. The van der Waals surface area contributed by atoms with Gasteiger partial charge in [0.1, 0.15) is 0 Å². The maximum absolute atomic E-state index is 4.84. The van der Waals surface area contributed by atoms with Crippen LogP contribution in [-0.4, -0.2) is 4.98 Å². The molecule has 2 heteroatoms. The summed E-state index contributed by atoms with van der Waals surface area (Å²) in [5.74, 6) is 0. The average Bonchev–Trinajstić information content (AvgIpc) is 3.01. The largest absolute Gasteiger partial charge is 0.256 e. The zero-order valence-electron chi connectivity index (χ0n) is 21.4. The lowest BCUT2D eigenvalue weighted by atomic mass is 9.96. The lowest BCUT2D eigenvalue weighted by molar-refractivity contribution is 1.41. The Morgan fingerprint density at radius 3 is 1.72 bits per heavy atom. The van der Waals surface area contributed by atoms with E-state index in [4.69, 9.17) is 4.98 Å². The van der Waals surface area contributed by atoms with Crippen LogP contribution in [-0.2, 0) is 0 Å². The van der Waals surface area contributed by atoms with Crippen LogP contribution in [0.25, 0.3) is 66.2 Å². The number of nitrogens with zero attached hydrogens (tertiary/aromatic N) is 1. The average molecular weight is 516 g/mol. The van der Waals surface area contributed by atoms with Crippen LogP contribution in [0, 0.1) is 0 Å². The highest BCUT2D eigenvalue weighted by Gasteiger charge is 2.07. The Morgan fingerprint density at radius 2 is 0.974 bits per heavy atom. The van der Waals surface area contributed by atoms with E-state index in [2.05, 4.69) is 149 Å². The van der Waals surface area contributed by atoms with Crippen molar-refractivity contribution in [2.45, 2.75) is 0 Å². The Kier molecular flexibility index (Phi) is 6.00. The number of fused-ring (bicyclic) bond motifs is 2. The van der Waals surface area contributed by atoms with Crippen molar-refractivity contribution in [3.8, 4) is 44.5 Å². The molecular weight excluding hydrogens is 489 g/mol. The Hall–Kier alpha value is -4.58. The van der Waals surface area contributed by atoms with Gasteiger partial charge in [0.05, 0.1) is 5.52 Å². The van der Waals surface area contributed by atoms with Gasteiger partial charge in [-0.15, -0.1) is 9.24 Å². The summed E-state index contributed by atoms with van der Waals surface area (Å²) in [5, 5.41) is 4.88. The van der Waals surface area contributed by atoms with E-state index >= 15 is 0 Å². The molecule has 7 aromatic rings. The normalized spacial score (nSPS) is 11.2. The molecule has 0 N–H and O–H groups in total. The Morgan fingerprint density at radius 1 is 0.410 bits per heavy atom. The second-order valence-corrected chi connectivity index (χ2v) is 10.6. The fourth-order valence-electron chi connectivity index (χ4n) is 5.31. The van der Waals surface area contributed by atoms with E-state index in [9.17, 15) is 0 Å². The van der Waals surface area contributed by atoms with E-state index in [1.807, 2.05) is 6.20 Å². The van der Waals surface area contributed by atoms with Crippen molar-refractivity contribution in [1.29, 1.82) is 0 Å². The van der Waals surface area contributed by atoms with E-state index in [0.29, 0.717) is 0 Å². The van der Waals surface area contributed by atoms with Crippen LogP contribution in [0.5, 0.6) is 0 Å². The molecule has 0 saturated heterocycles. The maximum Gasteiger partial charge on any atom is 0.0708 e. The predicted molar refractivity (Wildman–Crippen MR) is 170 cm³/mol. The molecule has 0 aliphatic heterocycles. The predicted octanol–water partition coefficient (Wildman–Crippen LogP) is 9.56. The Labute approximate surface area is 231 Å². The van der Waals surface area contributed by atoms with Gasteiger partial charge in [0.25, 0.3) is 0 Å². The van der Waals surface area contributed by atoms with Gasteiger partial charge in [-0.3, -0.25) is 4.98 Å². The highest BCUT2D eigenvalue weighted by molar-refractivity contribution is 7.27. The molecule has 0 spiro atoms. The molecule has 0 aliphatic rings. The van der Waals surface area contributed by atoms with E-state index in [1.165, 1.54) is 55.0 Å². The molecule has 1 unspecified atom stereocenters. The van der Waals surface area contributed by atoms with E-state index in [-0.39, 0.29) is 0 Å². The molecule has 0 radical (unpaired) electrons. The van der Waals surface area contributed by atoms with Gasteiger partial charge in [-0.25, -0.2) is 0 Å². The third-order valence-corrected chi connectivity index (χ3v) is 7.85. The van der Waals surface area contributed by atoms with E-state index in [1.54, 1.807) is 0 Å². The monoisotopic (exact) mass is 515 g/mol. The first-order valence-electron chi connectivity index (χ1n) is 13.2. The van der Waals surface area contributed by atoms with E-state index in [0.717, 1.165) is 16.5 Å². The minimum Gasteiger partial charge on any atom is -0.256 e. The smallest absolute Gasteiger partial charge is 0.0708 e. The molecule has 1 atom stereocenters. The van der Waals surface area contributed by atoms with Crippen LogP contribution in [0.2, 0.25) is 0 Å². The number of hydrogen-bond donors (Lipinski definition) is 0. The van der Waals surface area contributed by atoms with Gasteiger partial charge in [0, 0.05) is 17.1 Å². The van der Waals surface area contributed by atoms with Gasteiger partial charge in [0.2, 0.25) is 0 Å². The molecule has 1 heterocycles. The standard InChI is InChI=1S/C37H26NP/c39-34-20-18-26(19-21-34)25-8-10-27(11-9-25)31-16-17-32-22-33(24-38-37(32)23-31)28-12-14-30(15-13-28)36-7-3-5-29-4-1-2-6-35(29)36/h1-24H,39H2. The molecule has 0 aliphatic carbocycles. The third kappa shape index (κ3) is 4.63. The molecule has 39 heavy (non-hydrogen) atoms. The number of hydrogen-bond acceptors (Lipinski definition) is 1. The highest BCUT2D eigenvalue weighted by atomic mass is 31.0. The molecule has 0 amide bonds. The van der Waals surface area contributed by atoms with Crippen LogP contribution in [0.3, 0.4) is 0 Å². The van der Waals surface area contributed by atoms with Crippen molar-refractivity contribution >= 4 is 36.2 Å². The summed E-state index contributed by atoms with van der Waals surface area (Å²) in [6.45, 7) is 0. The molecule has 0 bridgehead atoms. The molecule has 184 valence electrons. The first kappa shape index (κ1) is 23.5. The first-order chi connectivity index (χ1) is 19.2. The second-order valence-electron chi connectivity index (χ2n) is 9.93. The number of pyridine rings is 1. The molecule has 1 aromatic heterocycles. The second kappa shape index (κ2) is 9.95. The summed E-state index contributed by atoms with van der Waals surface area (Å²) in [5.41, 5.74) is 10.6. The van der Waals surface area contributed by atoms with Gasteiger partial charge in [-0.1, -0.05) is 127 Å². The van der Waals surface area contributed by atoms with Gasteiger partial charge >= 0.3 is 0 Å². The van der Waals surface area contributed by atoms with Crippen LogP contribution in [0.4, 0.5) is 0 Å². The first-order valence-corrected chi connectivity index (χ1v) is 13.7. The van der Waals surface area contributed by atoms with Crippen LogP contribution < -0.4 is 5.30 Å². The third-order valence-electron chi connectivity index (χ3n) is 7.47. The maximum atomic E-state index is 4.84. The summed E-state index contributed by atoms with van der Waals surface area (Å²) in [6, 6.07) is 50.0. The Balaban J connectivity index is 1.15. The van der Waals surface area contributed by atoms with Crippen molar-refractivity contribution < 1.29 is 0 Å². The van der Waals surface area contributed by atoms with Gasteiger partial charge in [-0.05, 0) is 67.2 Å².